The van der Waals surface area contributed by atoms with Crippen LogP contribution in [0, 0.1) is 5.82 Å². The van der Waals surface area contributed by atoms with Crippen molar-refractivity contribution in [1.29, 1.82) is 0 Å². The maximum atomic E-state index is 13.6. The van der Waals surface area contributed by atoms with E-state index in [0.29, 0.717) is 30.0 Å². The largest absolute Gasteiger partial charge is 0.386 e. The van der Waals surface area contributed by atoms with Crippen LogP contribution in [0.15, 0.2) is 28.4 Å². The highest BCUT2D eigenvalue weighted by Gasteiger charge is 2.15. The summed E-state index contributed by atoms with van der Waals surface area (Å²) in [4.78, 5) is 0. The Balaban J connectivity index is 2.43. The summed E-state index contributed by atoms with van der Waals surface area (Å²) in [6, 6.07) is 4.82. The lowest BCUT2D eigenvalue weighted by atomic mass is 10.0. The minimum absolute atomic E-state index is 0.0951. The lowest BCUT2D eigenvalue weighted by molar-refractivity contribution is 0.625. The molecule has 5 heteroatoms. The van der Waals surface area contributed by atoms with E-state index in [9.17, 15) is 4.39 Å². The second-order valence-electron chi connectivity index (χ2n) is 3.24. The van der Waals surface area contributed by atoms with Gasteiger partial charge < -0.3 is 5.73 Å². The van der Waals surface area contributed by atoms with Crippen molar-refractivity contribution >= 4 is 23.1 Å². The van der Waals surface area contributed by atoms with Gasteiger partial charge in [0.15, 0.2) is 5.82 Å². The van der Waals surface area contributed by atoms with Crippen LogP contribution in [0.3, 0.4) is 0 Å². The Morgan fingerprint density at radius 2 is 2.07 bits per heavy atom. The van der Waals surface area contributed by atoms with Crippen molar-refractivity contribution in [3.63, 3.8) is 0 Å². The first-order valence-corrected chi connectivity index (χ1v) is 4.89. The molecule has 3 nitrogen and oxygen atoms in total. The first-order valence-electron chi connectivity index (χ1n) is 4.51. The molecule has 1 aromatic rings. The topological polar surface area (TPSA) is 50.7 Å². The summed E-state index contributed by atoms with van der Waals surface area (Å²) in [7, 11) is 0. The minimum atomic E-state index is -0.450. The van der Waals surface area contributed by atoms with E-state index < -0.39 is 5.82 Å². The van der Waals surface area contributed by atoms with Gasteiger partial charge in [0, 0.05) is 12.0 Å². The summed E-state index contributed by atoms with van der Waals surface area (Å²) >= 11 is 5.67. The van der Waals surface area contributed by atoms with Gasteiger partial charge >= 0.3 is 0 Å². The monoisotopic (exact) mass is 225 g/mol. The summed E-state index contributed by atoms with van der Waals surface area (Å²) < 4.78 is 13.6. The van der Waals surface area contributed by atoms with Crippen LogP contribution in [0.4, 0.5) is 4.39 Å². The zero-order valence-electron chi connectivity index (χ0n) is 7.87. The molecule has 1 aromatic carbocycles. The number of halogens is 2. The molecular weight excluding hydrogens is 217 g/mol. The van der Waals surface area contributed by atoms with Gasteiger partial charge in [0.05, 0.1) is 10.7 Å². The van der Waals surface area contributed by atoms with Gasteiger partial charge in [-0.15, -0.1) is 5.10 Å². The van der Waals surface area contributed by atoms with E-state index in [2.05, 4.69) is 10.2 Å². The van der Waals surface area contributed by atoms with Gasteiger partial charge in [-0.2, -0.15) is 5.10 Å². The lowest BCUT2D eigenvalue weighted by Crippen LogP contribution is -2.18. The third-order valence-electron chi connectivity index (χ3n) is 2.18. The number of benzene rings is 1. The second-order valence-corrected chi connectivity index (χ2v) is 3.65. The molecule has 0 unspecified atom stereocenters. The molecule has 0 saturated heterocycles. The quantitative estimate of drug-likeness (QED) is 0.784. The summed E-state index contributed by atoms with van der Waals surface area (Å²) in [5.41, 5.74) is 6.45. The van der Waals surface area contributed by atoms with Gasteiger partial charge in [0.25, 0.3) is 0 Å². The molecule has 1 aliphatic heterocycles. The third-order valence-corrected chi connectivity index (χ3v) is 2.47. The number of hydrogen-bond acceptors (Lipinski definition) is 3. The molecule has 1 aliphatic rings. The standard InChI is InChI=1S/C10H9ClFN3/c11-7-3-1-2-6(10(7)12)8-4-5-9(13)15-14-8/h1-3H,4-5H2,(H2,13,15). The number of nitrogens with two attached hydrogens (primary N) is 1. The second kappa shape index (κ2) is 3.98. The minimum Gasteiger partial charge on any atom is -0.386 e. The van der Waals surface area contributed by atoms with E-state index in [4.69, 9.17) is 17.3 Å². The van der Waals surface area contributed by atoms with Crippen LogP contribution >= 0.6 is 11.6 Å². The molecule has 0 atom stereocenters. The molecule has 0 spiro atoms. The number of amidine groups is 1. The van der Waals surface area contributed by atoms with Gasteiger partial charge in [0.2, 0.25) is 0 Å². The Bertz CT molecular complexity index is 454. The highest BCUT2D eigenvalue weighted by atomic mass is 35.5. The average molecular weight is 226 g/mol. The molecule has 2 N–H and O–H groups in total. The highest BCUT2D eigenvalue weighted by Crippen LogP contribution is 2.21. The van der Waals surface area contributed by atoms with Gasteiger partial charge in [0.1, 0.15) is 5.84 Å². The summed E-state index contributed by atoms with van der Waals surface area (Å²) in [5, 5.41) is 7.69. The van der Waals surface area contributed by atoms with E-state index in [-0.39, 0.29) is 5.02 Å². The maximum Gasteiger partial charge on any atom is 0.150 e. The lowest BCUT2D eigenvalue weighted by Gasteiger charge is -2.10. The number of rotatable bonds is 1. The molecule has 0 fully saturated rings. The number of hydrogen-bond donors (Lipinski definition) is 1. The van der Waals surface area contributed by atoms with Crippen molar-refractivity contribution in [2.75, 3.05) is 0 Å². The van der Waals surface area contributed by atoms with Crippen molar-refractivity contribution in [3.05, 3.63) is 34.6 Å². The fourth-order valence-corrected chi connectivity index (χ4v) is 1.56. The van der Waals surface area contributed by atoms with Crippen molar-refractivity contribution in [3.8, 4) is 0 Å². The van der Waals surface area contributed by atoms with E-state index in [1.54, 1.807) is 12.1 Å². The van der Waals surface area contributed by atoms with E-state index >= 15 is 0 Å². The molecule has 0 amide bonds. The summed E-state index contributed by atoms with van der Waals surface area (Å²) in [6.45, 7) is 0. The smallest absolute Gasteiger partial charge is 0.150 e. The zero-order chi connectivity index (χ0) is 10.8. The zero-order valence-corrected chi connectivity index (χ0v) is 8.63. The van der Waals surface area contributed by atoms with Gasteiger partial charge in [-0.1, -0.05) is 23.7 Å². The Hall–Kier alpha value is -1.42. The van der Waals surface area contributed by atoms with E-state index in [1.807, 2.05) is 0 Å². The van der Waals surface area contributed by atoms with E-state index in [1.165, 1.54) is 6.07 Å². The van der Waals surface area contributed by atoms with Crippen LogP contribution in [-0.4, -0.2) is 11.5 Å². The van der Waals surface area contributed by atoms with Gasteiger partial charge in [-0.3, -0.25) is 0 Å². The predicted octanol–water partition coefficient (Wildman–Crippen LogP) is 2.33. The van der Waals surface area contributed by atoms with Crippen molar-refractivity contribution in [1.82, 2.24) is 0 Å². The van der Waals surface area contributed by atoms with Crippen LogP contribution < -0.4 is 5.73 Å². The van der Waals surface area contributed by atoms with Crippen molar-refractivity contribution in [2.45, 2.75) is 12.8 Å². The molecule has 15 heavy (non-hydrogen) atoms. The fourth-order valence-electron chi connectivity index (χ4n) is 1.39. The first-order chi connectivity index (χ1) is 7.18. The SMILES string of the molecule is NC1=NN=C(c2cccc(Cl)c2F)CC1. The van der Waals surface area contributed by atoms with Crippen LogP contribution in [0.1, 0.15) is 18.4 Å². The molecule has 0 bridgehead atoms. The van der Waals surface area contributed by atoms with Crippen LogP contribution in [0.2, 0.25) is 5.02 Å². The summed E-state index contributed by atoms with van der Waals surface area (Å²) in [6.07, 6.45) is 1.19. The molecule has 0 saturated carbocycles. The molecule has 0 aliphatic carbocycles. The fraction of sp³-hybridized carbons (Fsp3) is 0.200. The number of nitrogens with zero attached hydrogens (tertiary/aromatic N) is 2. The van der Waals surface area contributed by atoms with Gasteiger partial charge in [-0.05, 0) is 12.5 Å². The average Bonchev–Trinajstić information content (AvgIpc) is 2.24. The molecule has 0 radical (unpaired) electrons. The first kappa shape index (κ1) is 10.1. The normalized spacial score (nSPS) is 15.9. The Kier molecular flexibility index (Phi) is 2.68. The van der Waals surface area contributed by atoms with Crippen molar-refractivity contribution in [2.24, 2.45) is 15.9 Å². The molecule has 78 valence electrons. The Labute approximate surface area is 91.5 Å². The molecular formula is C10H9ClFN3. The predicted molar refractivity (Wildman–Crippen MR) is 58.8 cm³/mol. The molecule has 2 rings (SSSR count). The van der Waals surface area contributed by atoms with Gasteiger partial charge in [-0.25, -0.2) is 4.39 Å². The third kappa shape index (κ3) is 1.99. The van der Waals surface area contributed by atoms with E-state index in [0.717, 1.165) is 0 Å². The summed E-state index contributed by atoms with van der Waals surface area (Å²) in [5.74, 6) is 0.0229. The maximum absolute atomic E-state index is 13.6. The van der Waals surface area contributed by atoms with Crippen LogP contribution in [-0.2, 0) is 0 Å². The highest BCUT2D eigenvalue weighted by molar-refractivity contribution is 6.31. The van der Waals surface area contributed by atoms with Crippen LogP contribution in [0.5, 0.6) is 0 Å². The Morgan fingerprint density at radius 3 is 2.73 bits per heavy atom. The molecule has 0 aromatic heterocycles. The van der Waals surface area contributed by atoms with Crippen LogP contribution in [0.25, 0.3) is 0 Å². The Morgan fingerprint density at radius 1 is 1.27 bits per heavy atom. The van der Waals surface area contributed by atoms with Crippen molar-refractivity contribution < 1.29 is 4.39 Å². The molecule has 1 heterocycles.